The normalized spacial score (nSPS) is 12.3. The van der Waals surface area contributed by atoms with E-state index in [0.717, 1.165) is 0 Å². The van der Waals surface area contributed by atoms with Crippen molar-refractivity contribution in [2.24, 2.45) is 0 Å². The highest BCUT2D eigenvalue weighted by Crippen LogP contribution is 2.36. The number of aliphatic hydroxyl groups is 1. The van der Waals surface area contributed by atoms with Gasteiger partial charge in [-0.15, -0.1) is 0 Å². The lowest BCUT2D eigenvalue weighted by Crippen LogP contribution is -2.25. The fraction of sp³-hybridized carbons (Fsp3) is 0.571. The van der Waals surface area contributed by atoms with E-state index in [4.69, 9.17) is 18.9 Å². The summed E-state index contributed by atoms with van der Waals surface area (Å²) in [7, 11) is 3.11. The molecule has 108 valence electrons. The Kier molecular flexibility index (Phi) is 6.45. The summed E-state index contributed by atoms with van der Waals surface area (Å²) < 4.78 is 21.3. The predicted molar refractivity (Wildman–Crippen MR) is 72.1 cm³/mol. The van der Waals surface area contributed by atoms with Crippen molar-refractivity contribution in [3.05, 3.63) is 18.2 Å². The Labute approximate surface area is 114 Å². The Hall–Kier alpha value is -1.46. The molecule has 0 spiro atoms. The largest absolute Gasteiger partial charge is 0.493 e. The van der Waals surface area contributed by atoms with Crippen LogP contribution in [-0.2, 0) is 4.74 Å². The van der Waals surface area contributed by atoms with Gasteiger partial charge >= 0.3 is 0 Å². The monoisotopic (exact) mass is 270 g/mol. The third-order valence-corrected chi connectivity index (χ3v) is 2.42. The van der Waals surface area contributed by atoms with Crippen LogP contribution in [0.1, 0.15) is 13.8 Å². The van der Waals surface area contributed by atoms with E-state index in [1.807, 2.05) is 19.9 Å². The van der Waals surface area contributed by atoms with Crippen molar-refractivity contribution in [1.29, 1.82) is 0 Å². The van der Waals surface area contributed by atoms with Crippen LogP contribution >= 0.6 is 0 Å². The first-order valence-corrected chi connectivity index (χ1v) is 6.22. The lowest BCUT2D eigenvalue weighted by molar-refractivity contribution is -0.0129. The fourth-order valence-electron chi connectivity index (χ4n) is 1.49. The second-order valence-electron chi connectivity index (χ2n) is 4.34. The first-order chi connectivity index (χ1) is 9.08. The molecule has 0 saturated heterocycles. The molecule has 1 rings (SSSR count). The highest BCUT2D eigenvalue weighted by atomic mass is 16.5. The van der Waals surface area contributed by atoms with Gasteiger partial charge < -0.3 is 24.1 Å². The summed E-state index contributed by atoms with van der Waals surface area (Å²) in [6.45, 7) is 4.17. The van der Waals surface area contributed by atoms with Crippen LogP contribution in [0.25, 0.3) is 0 Å². The van der Waals surface area contributed by atoms with Gasteiger partial charge in [0, 0.05) is 0 Å². The van der Waals surface area contributed by atoms with Crippen LogP contribution in [0.4, 0.5) is 0 Å². The zero-order chi connectivity index (χ0) is 14.3. The highest BCUT2D eigenvalue weighted by molar-refractivity contribution is 5.51. The first kappa shape index (κ1) is 15.6. The molecule has 0 amide bonds. The maximum atomic E-state index is 9.75. The SMILES string of the molecule is COc1cccc(OC)c1OC[C@@H](O)COC(C)C. The Morgan fingerprint density at radius 2 is 1.63 bits per heavy atom. The number of methoxy groups -OCH3 is 2. The third-order valence-electron chi connectivity index (χ3n) is 2.42. The summed E-state index contributed by atoms with van der Waals surface area (Å²) in [4.78, 5) is 0. The highest BCUT2D eigenvalue weighted by Gasteiger charge is 2.14. The van der Waals surface area contributed by atoms with Crippen LogP contribution in [0.2, 0.25) is 0 Å². The van der Waals surface area contributed by atoms with Crippen molar-refractivity contribution in [2.75, 3.05) is 27.4 Å². The molecule has 0 unspecified atom stereocenters. The molecule has 0 aromatic heterocycles. The molecule has 1 atom stereocenters. The summed E-state index contributed by atoms with van der Waals surface area (Å²) in [6.07, 6.45) is -0.618. The zero-order valence-corrected chi connectivity index (χ0v) is 11.9. The van der Waals surface area contributed by atoms with E-state index < -0.39 is 6.10 Å². The number of benzene rings is 1. The molecule has 0 bridgehead atoms. The number of hydrogen-bond acceptors (Lipinski definition) is 5. The van der Waals surface area contributed by atoms with Crippen LogP contribution in [0.15, 0.2) is 18.2 Å². The molecule has 1 N–H and O–H groups in total. The number of ether oxygens (including phenoxy) is 4. The van der Waals surface area contributed by atoms with Gasteiger partial charge in [0.2, 0.25) is 5.75 Å². The maximum Gasteiger partial charge on any atom is 0.203 e. The number of rotatable bonds is 8. The molecule has 0 radical (unpaired) electrons. The summed E-state index contributed by atoms with van der Waals surface area (Å²) in [6, 6.07) is 5.35. The lowest BCUT2D eigenvalue weighted by Gasteiger charge is -2.17. The molecular formula is C14H22O5. The van der Waals surface area contributed by atoms with Gasteiger partial charge in [0.15, 0.2) is 11.5 Å². The standard InChI is InChI=1S/C14H22O5/c1-10(2)18-8-11(15)9-19-14-12(16-3)6-5-7-13(14)17-4/h5-7,10-11,15H,8-9H2,1-4H3/t11-/m0/s1. The minimum Gasteiger partial charge on any atom is -0.493 e. The summed E-state index contributed by atoms with van der Waals surface area (Å²) in [5, 5.41) is 9.75. The van der Waals surface area contributed by atoms with Crippen molar-refractivity contribution in [3.8, 4) is 17.2 Å². The summed E-state index contributed by atoms with van der Waals surface area (Å²) in [5.74, 6) is 1.61. The number of para-hydroxylation sites is 1. The van der Waals surface area contributed by atoms with Gasteiger partial charge in [-0.25, -0.2) is 0 Å². The minimum absolute atomic E-state index is 0.0791. The molecule has 0 aliphatic heterocycles. The Balaban J connectivity index is 2.61. The van der Waals surface area contributed by atoms with Gasteiger partial charge in [-0.1, -0.05) is 6.07 Å². The van der Waals surface area contributed by atoms with E-state index in [-0.39, 0.29) is 19.3 Å². The Morgan fingerprint density at radius 3 is 2.11 bits per heavy atom. The summed E-state index contributed by atoms with van der Waals surface area (Å²) >= 11 is 0. The molecule has 5 heteroatoms. The fourth-order valence-corrected chi connectivity index (χ4v) is 1.49. The molecule has 0 aliphatic carbocycles. The molecule has 19 heavy (non-hydrogen) atoms. The van der Waals surface area contributed by atoms with Gasteiger partial charge in [-0.2, -0.15) is 0 Å². The van der Waals surface area contributed by atoms with E-state index in [1.165, 1.54) is 0 Å². The molecule has 0 aliphatic rings. The Bertz CT molecular complexity index is 356. The predicted octanol–water partition coefficient (Wildman–Crippen LogP) is 1.87. The second kappa shape index (κ2) is 7.86. The van der Waals surface area contributed by atoms with E-state index in [2.05, 4.69) is 0 Å². The molecule has 0 saturated carbocycles. The van der Waals surface area contributed by atoms with Gasteiger partial charge in [0.05, 0.1) is 26.9 Å². The average molecular weight is 270 g/mol. The van der Waals surface area contributed by atoms with Crippen molar-refractivity contribution >= 4 is 0 Å². The van der Waals surface area contributed by atoms with Crippen molar-refractivity contribution in [1.82, 2.24) is 0 Å². The second-order valence-corrected chi connectivity index (χ2v) is 4.34. The zero-order valence-electron chi connectivity index (χ0n) is 11.9. The van der Waals surface area contributed by atoms with Crippen LogP contribution in [-0.4, -0.2) is 44.7 Å². The van der Waals surface area contributed by atoms with Crippen molar-refractivity contribution in [3.63, 3.8) is 0 Å². The van der Waals surface area contributed by atoms with Gasteiger partial charge in [0.1, 0.15) is 12.7 Å². The minimum atomic E-state index is -0.697. The summed E-state index contributed by atoms with van der Waals surface area (Å²) in [5.41, 5.74) is 0. The molecule has 0 heterocycles. The van der Waals surface area contributed by atoms with Crippen molar-refractivity contribution in [2.45, 2.75) is 26.1 Å². The molecular weight excluding hydrogens is 248 g/mol. The maximum absolute atomic E-state index is 9.75. The quantitative estimate of drug-likeness (QED) is 0.781. The molecule has 5 nitrogen and oxygen atoms in total. The smallest absolute Gasteiger partial charge is 0.203 e. The molecule has 1 aromatic rings. The van der Waals surface area contributed by atoms with Crippen LogP contribution in [0.5, 0.6) is 17.2 Å². The van der Waals surface area contributed by atoms with Crippen LogP contribution in [0, 0.1) is 0 Å². The van der Waals surface area contributed by atoms with E-state index in [9.17, 15) is 5.11 Å². The van der Waals surface area contributed by atoms with E-state index >= 15 is 0 Å². The van der Waals surface area contributed by atoms with Crippen LogP contribution in [0.3, 0.4) is 0 Å². The van der Waals surface area contributed by atoms with Gasteiger partial charge in [0.25, 0.3) is 0 Å². The number of aliphatic hydroxyl groups excluding tert-OH is 1. The topological polar surface area (TPSA) is 57.2 Å². The molecule has 0 fully saturated rings. The lowest BCUT2D eigenvalue weighted by atomic mass is 10.3. The van der Waals surface area contributed by atoms with Gasteiger partial charge in [-0.05, 0) is 26.0 Å². The van der Waals surface area contributed by atoms with Gasteiger partial charge in [-0.3, -0.25) is 0 Å². The third kappa shape index (κ3) is 4.96. The molecule has 1 aromatic carbocycles. The van der Waals surface area contributed by atoms with E-state index in [0.29, 0.717) is 17.2 Å². The average Bonchev–Trinajstić information content (AvgIpc) is 2.42. The van der Waals surface area contributed by atoms with Crippen LogP contribution < -0.4 is 14.2 Å². The van der Waals surface area contributed by atoms with E-state index in [1.54, 1.807) is 26.4 Å². The van der Waals surface area contributed by atoms with Crippen molar-refractivity contribution < 1.29 is 24.1 Å². The number of hydrogen-bond donors (Lipinski definition) is 1. The Morgan fingerprint density at radius 1 is 1.05 bits per heavy atom. The first-order valence-electron chi connectivity index (χ1n) is 6.22.